The van der Waals surface area contributed by atoms with E-state index in [-0.39, 0.29) is 11.8 Å². The molecule has 1 aromatic rings. The molecule has 0 aliphatic rings. The molecule has 12 heavy (non-hydrogen) atoms. The molecule has 0 unspecified atom stereocenters. The fourth-order valence-corrected chi connectivity index (χ4v) is 1.01. The van der Waals surface area contributed by atoms with Gasteiger partial charge in [-0.25, -0.2) is 0 Å². The van der Waals surface area contributed by atoms with Crippen molar-refractivity contribution >= 4 is 5.78 Å². The average Bonchev–Trinajstić information content (AvgIpc) is 2.06. The molecule has 0 bridgehead atoms. The molecule has 1 aromatic carbocycles. The fourth-order valence-electron chi connectivity index (χ4n) is 1.01. The molecule has 64 valence electrons. The lowest BCUT2D eigenvalue weighted by atomic mass is 10.0. The Morgan fingerprint density at radius 3 is 2.50 bits per heavy atom. The van der Waals surface area contributed by atoms with Gasteiger partial charge in [-0.15, -0.1) is 0 Å². The predicted octanol–water partition coefficient (Wildman–Crippen LogP) is 1.15. The van der Waals surface area contributed by atoms with Gasteiger partial charge in [-0.2, -0.15) is 0 Å². The molecule has 0 radical (unpaired) electrons. The molecule has 2 nitrogen and oxygen atoms in total. The molecule has 2 heteroatoms. The van der Waals surface area contributed by atoms with Crippen molar-refractivity contribution in [2.45, 2.75) is 19.4 Å². The minimum atomic E-state index is -0.354. The maximum Gasteiger partial charge on any atom is 0.146 e. The molecule has 0 aliphatic carbocycles. The van der Waals surface area contributed by atoms with E-state index in [4.69, 9.17) is 5.73 Å². The van der Waals surface area contributed by atoms with Crippen LogP contribution in [-0.4, -0.2) is 11.8 Å². The standard InChI is InChI=1S/C10H13NO/c1-8(12)10(11)7-9-5-3-2-4-6-9/h2-6,10H,7,11H2,1H3/t10-/m1/s1. The van der Waals surface area contributed by atoms with Gasteiger partial charge in [0.25, 0.3) is 0 Å². The first-order valence-electron chi connectivity index (χ1n) is 4.00. The van der Waals surface area contributed by atoms with Crippen LogP contribution in [0.25, 0.3) is 0 Å². The second-order valence-electron chi connectivity index (χ2n) is 2.91. The minimum Gasteiger partial charge on any atom is -0.321 e. The third kappa shape index (κ3) is 2.47. The van der Waals surface area contributed by atoms with Crippen molar-refractivity contribution in [1.29, 1.82) is 0 Å². The van der Waals surface area contributed by atoms with Crippen molar-refractivity contribution < 1.29 is 4.79 Å². The molecule has 1 atom stereocenters. The Balaban J connectivity index is 2.58. The van der Waals surface area contributed by atoms with Crippen LogP contribution in [0.2, 0.25) is 0 Å². The summed E-state index contributed by atoms with van der Waals surface area (Å²) in [6.07, 6.45) is 0.635. The summed E-state index contributed by atoms with van der Waals surface area (Å²) in [5.41, 5.74) is 6.71. The zero-order valence-electron chi connectivity index (χ0n) is 7.16. The van der Waals surface area contributed by atoms with Crippen LogP contribution < -0.4 is 5.73 Å². The fraction of sp³-hybridized carbons (Fsp3) is 0.300. The van der Waals surface area contributed by atoms with Crippen molar-refractivity contribution in [2.75, 3.05) is 0 Å². The highest BCUT2D eigenvalue weighted by Crippen LogP contribution is 2.01. The van der Waals surface area contributed by atoms with Crippen LogP contribution >= 0.6 is 0 Å². The maximum atomic E-state index is 10.8. The highest BCUT2D eigenvalue weighted by Gasteiger charge is 2.07. The third-order valence-corrected chi connectivity index (χ3v) is 1.82. The largest absolute Gasteiger partial charge is 0.321 e. The van der Waals surface area contributed by atoms with Gasteiger partial charge < -0.3 is 5.73 Å². The lowest BCUT2D eigenvalue weighted by molar-refractivity contribution is -0.118. The van der Waals surface area contributed by atoms with Gasteiger partial charge in [0.15, 0.2) is 0 Å². The molecule has 2 N–H and O–H groups in total. The summed E-state index contributed by atoms with van der Waals surface area (Å²) in [5, 5.41) is 0. The first-order chi connectivity index (χ1) is 5.70. The summed E-state index contributed by atoms with van der Waals surface area (Å²) in [4.78, 5) is 10.8. The first kappa shape index (κ1) is 8.94. The van der Waals surface area contributed by atoms with Gasteiger partial charge >= 0.3 is 0 Å². The number of nitrogens with two attached hydrogens (primary N) is 1. The summed E-state index contributed by atoms with van der Waals surface area (Å²) < 4.78 is 0. The van der Waals surface area contributed by atoms with Gasteiger partial charge in [0, 0.05) is 0 Å². The molecule has 0 saturated carbocycles. The number of carbonyl (C=O) groups is 1. The highest BCUT2D eigenvalue weighted by atomic mass is 16.1. The van der Waals surface area contributed by atoms with E-state index in [1.807, 2.05) is 30.3 Å². The number of hydrogen-bond donors (Lipinski definition) is 1. The van der Waals surface area contributed by atoms with Crippen molar-refractivity contribution in [3.05, 3.63) is 35.9 Å². The normalized spacial score (nSPS) is 12.5. The second kappa shape index (κ2) is 4.02. The first-order valence-corrected chi connectivity index (χ1v) is 4.00. The minimum absolute atomic E-state index is 0.0406. The summed E-state index contributed by atoms with van der Waals surface area (Å²) in [6.45, 7) is 1.52. The van der Waals surface area contributed by atoms with Gasteiger partial charge in [0.05, 0.1) is 6.04 Å². The summed E-state index contributed by atoms with van der Waals surface area (Å²) in [5.74, 6) is 0.0406. The van der Waals surface area contributed by atoms with Crippen molar-refractivity contribution in [2.24, 2.45) is 5.73 Å². The molecule has 0 fully saturated rings. The third-order valence-electron chi connectivity index (χ3n) is 1.82. The molecule has 0 spiro atoms. The van der Waals surface area contributed by atoms with Crippen LogP contribution in [-0.2, 0) is 11.2 Å². The molecule has 0 aromatic heterocycles. The van der Waals surface area contributed by atoms with E-state index in [9.17, 15) is 4.79 Å². The lowest BCUT2D eigenvalue weighted by Gasteiger charge is -2.06. The Hall–Kier alpha value is -1.15. The summed E-state index contributed by atoms with van der Waals surface area (Å²) >= 11 is 0. The number of benzene rings is 1. The van der Waals surface area contributed by atoms with Gasteiger partial charge in [-0.05, 0) is 18.9 Å². The smallest absolute Gasteiger partial charge is 0.146 e. The second-order valence-corrected chi connectivity index (χ2v) is 2.91. The Bertz CT molecular complexity index is 256. The zero-order valence-corrected chi connectivity index (χ0v) is 7.16. The van der Waals surface area contributed by atoms with E-state index in [2.05, 4.69) is 0 Å². The molecule has 1 rings (SSSR count). The Labute approximate surface area is 72.4 Å². The molecule has 0 heterocycles. The number of carbonyl (C=O) groups excluding carboxylic acids is 1. The number of hydrogen-bond acceptors (Lipinski definition) is 2. The quantitative estimate of drug-likeness (QED) is 0.726. The SMILES string of the molecule is CC(=O)[C@H](N)Cc1ccccc1. The van der Waals surface area contributed by atoms with Crippen LogP contribution in [0.4, 0.5) is 0 Å². The highest BCUT2D eigenvalue weighted by molar-refractivity contribution is 5.81. The number of ketones is 1. The molecule has 0 amide bonds. The molecule has 0 aliphatic heterocycles. The topological polar surface area (TPSA) is 43.1 Å². The lowest BCUT2D eigenvalue weighted by Crippen LogP contribution is -2.30. The van der Waals surface area contributed by atoms with Crippen LogP contribution in [0.15, 0.2) is 30.3 Å². The van der Waals surface area contributed by atoms with E-state index in [1.54, 1.807) is 0 Å². The van der Waals surface area contributed by atoms with E-state index >= 15 is 0 Å². The van der Waals surface area contributed by atoms with Crippen molar-refractivity contribution in [3.8, 4) is 0 Å². The van der Waals surface area contributed by atoms with E-state index in [1.165, 1.54) is 6.92 Å². The zero-order chi connectivity index (χ0) is 8.97. The Morgan fingerprint density at radius 2 is 2.00 bits per heavy atom. The number of rotatable bonds is 3. The molecule has 0 saturated heterocycles. The van der Waals surface area contributed by atoms with Crippen LogP contribution in [0.1, 0.15) is 12.5 Å². The van der Waals surface area contributed by atoms with Gasteiger partial charge in [0.1, 0.15) is 5.78 Å². The monoisotopic (exact) mass is 163 g/mol. The van der Waals surface area contributed by atoms with Crippen molar-refractivity contribution in [1.82, 2.24) is 0 Å². The summed E-state index contributed by atoms with van der Waals surface area (Å²) in [6, 6.07) is 9.44. The number of Topliss-reactive ketones (excluding diaryl/α,β-unsaturated/α-hetero) is 1. The van der Waals surface area contributed by atoms with Gasteiger partial charge in [-0.1, -0.05) is 30.3 Å². The average molecular weight is 163 g/mol. The maximum absolute atomic E-state index is 10.8. The predicted molar refractivity (Wildman–Crippen MR) is 48.8 cm³/mol. The molecular formula is C10H13NO. The van der Waals surface area contributed by atoms with Gasteiger partial charge in [0.2, 0.25) is 0 Å². The Morgan fingerprint density at radius 1 is 1.42 bits per heavy atom. The van der Waals surface area contributed by atoms with Crippen molar-refractivity contribution in [3.63, 3.8) is 0 Å². The van der Waals surface area contributed by atoms with E-state index < -0.39 is 0 Å². The Kier molecular flexibility index (Phi) is 3.00. The van der Waals surface area contributed by atoms with E-state index in [0.29, 0.717) is 6.42 Å². The summed E-state index contributed by atoms with van der Waals surface area (Å²) in [7, 11) is 0. The van der Waals surface area contributed by atoms with Crippen LogP contribution in [0.5, 0.6) is 0 Å². The van der Waals surface area contributed by atoms with Gasteiger partial charge in [-0.3, -0.25) is 4.79 Å². The van der Waals surface area contributed by atoms with Crippen LogP contribution in [0, 0.1) is 0 Å². The molecular weight excluding hydrogens is 150 g/mol. The van der Waals surface area contributed by atoms with Crippen LogP contribution in [0.3, 0.4) is 0 Å². The van der Waals surface area contributed by atoms with E-state index in [0.717, 1.165) is 5.56 Å².